The van der Waals surface area contributed by atoms with Crippen molar-refractivity contribution in [2.75, 3.05) is 31.3 Å². The van der Waals surface area contributed by atoms with E-state index in [4.69, 9.17) is 4.98 Å². The molecular weight excluding hydrogens is 556 g/mol. The molecule has 0 aliphatic rings. The molecule has 0 spiro atoms. The van der Waals surface area contributed by atoms with Gasteiger partial charge in [-0.15, -0.1) is 0 Å². The van der Waals surface area contributed by atoms with Gasteiger partial charge >= 0.3 is 7.60 Å². The number of anilines is 3. The first kappa shape index (κ1) is 29.5. The van der Waals surface area contributed by atoms with Gasteiger partial charge in [-0.25, -0.2) is 4.98 Å². The molecule has 15 heteroatoms. The summed E-state index contributed by atoms with van der Waals surface area (Å²) in [5, 5.41) is 23.7. The lowest BCUT2D eigenvalue weighted by atomic mass is 10.1. The maximum absolute atomic E-state index is 11.7. The van der Waals surface area contributed by atoms with Crippen molar-refractivity contribution in [3.63, 3.8) is 0 Å². The molecule has 0 saturated carbocycles. The molecule has 0 fully saturated rings. The van der Waals surface area contributed by atoms with Crippen molar-refractivity contribution in [1.82, 2.24) is 24.4 Å². The molecule has 13 nitrogen and oxygen atoms in total. The van der Waals surface area contributed by atoms with Crippen LogP contribution in [0.1, 0.15) is 18.1 Å². The van der Waals surface area contributed by atoms with E-state index in [1.54, 1.807) is 24.5 Å². The maximum atomic E-state index is 11.7. The smallest absolute Gasteiger partial charge is 0.373 e. The zero-order valence-electron chi connectivity index (χ0n) is 22.1. The lowest BCUT2D eigenvalue weighted by molar-refractivity contribution is 0.168. The number of phenols is 1. The molecule has 212 valence electrons. The first-order chi connectivity index (χ1) is 18.9. The van der Waals surface area contributed by atoms with Crippen LogP contribution in [0.15, 0.2) is 54.9 Å². The summed E-state index contributed by atoms with van der Waals surface area (Å²) in [7, 11) is -2.30. The SMILES string of the molecule is CC(CNc1nc(Nc2ccc(C(O)(P=O)P(=O)(O)O)cc2)c2ncn(CCc3cccc(O)c3)c2n1)N(C)C. The lowest BCUT2D eigenvalue weighted by Gasteiger charge is -2.22. The molecule has 2 unspecified atom stereocenters. The van der Waals surface area contributed by atoms with Gasteiger partial charge in [0.25, 0.3) is 5.08 Å². The molecule has 4 aromatic rings. The molecule has 0 amide bonds. The van der Waals surface area contributed by atoms with Gasteiger partial charge in [0.05, 0.1) is 6.33 Å². The second kappa shape index (κ2) is 12.0. The molecule has 0 aliphatic heterocycles. The molecular formula is C25H31N7O6P2. The second-order valence-corrected chi connectivity index (χ2v) is 12.5. The molecule has 40 heavy (non-hydrogen) atoms. The summed E-state index contributed by atoms with van der Waals surface area (Å²) in [5.41, 5.74) is 2.32. The molecule has 6 N–H and O–H groups in total. The minimum absolute atomic E-state index is 0.198. The molecule has 0 radical (unpaired) electrons. The lowest BCUT2D eigenvalue weighted by Crippen LogP contribution is -2.32. The van der Waals surface area contributed by atoms with Gasteiger partial charge in [-0.2, -0.15) is 9.97 Å². The highest BCUT2D eigenvalue weighted by molar-refractivity contribution is 7.62. The number of aliphatic hydroxyl groups is 1. The Labute approximate surface area is 232 Å². The number of imidazole rings is 1. The predicted octanol–water partition coefficient (Wildman–Crippen LogP) is 3.45. The van der Waals surface area contributed by atoms with Crippen LogP contribution in [-0.4, -0.2) is 71.1 Å². The molecule has 0 bridgehead atoms. The standard InChI is InChI=1S/C25H31N7O6P2/c1-16(31(2)3)14-26-24-29-22(28-19-9-7-18(8-10-19)25(34,39-35)40(36,37)38)21-23(30-24)32(15-27-21)12-11-17-5-4-6-20(33)13-17/h4-10,13,15-16,33-34H,11-12,14H2,1-3H3,(H2,36,37,38)(H2,26,28,29,30). The fourth-order valence-corrected chi connectivity index (χ4v) is 5.01. The van der Waals surface area contributed by atoms with Crippen molar-refractivity contribution in [1.29, 1.82) is 0 Å². The van der Waals surface area contributed by atoms with Gasteiger partial charge in [0.2, 0.25) is 14.4 Å². The van der Waals surface area contributed by atoms with E-state index in [1.165, 1.54) is 24.3 Å². The Balaban J connectivity index is 1.66. The maximum Gasteiger partial charge on any atom is 0.373 e. The Kier molecular flexibility index (Phi) is 8.84. The van der Waals surface area contributed by atoms with E-state index in [-0.39, 0.29) is 17.4 Å². The van der Waals surface area contributed by atoms with Crippen LogP contribution in [0.4, 0.5) is 17.5 Å². The van der Waals surface area contributed by atoms with E-state index >= 15 is 0 Å². The molecule has 2 atom stereocenters. The highest BCUT2D eigenvalue weighted by Gasteiger charge is 2.48. The zero-order valence-corrected chi connectivity index (χ0v) is 23.9. The van der Waals surface area contributed by atoms with E-state index in [0.717, 1.165) is 5.56 Å². The van der Waals surface area contributed by atoms with Crippen LogP contribution >= 0.6 is 16.1 Å². The summed E-state index contributed by atoms with van der Waals surface area (Å²) in [4.78, 5) is 34.9. The van der Waals surface area contributed by atoms with Crippen LogP contribution in [0.25, 0.3) is 11.2 Å². The highest BCUT2D eigenvalue weighted by atomic mass is 31.2. The number of fused-ring (bicyclic) bond motifs is 1. The number of nitrogens with zero attached hydrogens (tertiary/aromatic N) is 5. The van der Waals surface area contributed by atoms with Crippen molar-refractivity contribution in [3.05, 3.63) is 66.0 Å². The first-order valence-corrected chi connectivity index (χ1v) is 14.7. The van der Waals surface area contributed by atoms with Gasteiger partial charge in [0.1, 0.15) is 5.75 Å². The van der Waals surface area contributed by atoms with Gasteiger partial charge < -0.3 is 40.1 Å². The van der Waals surface area contributed by atoms with Crippen LogP contribution in [0.3, 0.4) is 0 Å². The second-order valence-electron chi connectivity index (χ2n) is 9.59. The highest BCUT2D eigenvalue weighted by Crippen LogP contribution is 2.61. The number of rotatable bonds is 12. The van der Waals surface area contributed by atoms with Gasteiger partial charge in [-0.05, 0) is 57.3 Å². The Bertz CT molecular complexity index is 1540. The fourth-order valence-electron chi connectivity index (χ4n) is 3.85. The van der Waals surface area contributed by atoms with Crippen molar-refractivity contribution in [2.24, 2.45) is 0 Å². The number of phenolic OH excluding ortho intramolecular Hbond substituents is 1. The average molecular weight is 588 g/mol. The third kappa shape index (κ3) is 6.47. The van der Waals surface area contributed by atoms with E-state index in [9.17, 15) is 29.1 Å². The van der Waals surface area contributed by atoms with E-state index in [1.807, 2.05) is 24.7 Å². The number of hydrogen-bond acceptors (Lipinski definition) is 10. The van der Waals surface area contributed by atoms with Crippen LogP contribution in [0, 0.1) is 0 Å². The summed E-state index contributed by atoms with van der Waals surface area (Å²) in [6.45, 7) is 3.19. The van der Waals surface area contributed by atoms with Crippen LogP contribution < -0.4 is 10.6 Å². The molecule has 0 aliphatic carbocycles. The van der Waals surface area contributed by atoms with E-state index in [0.29, 0.717) is 48.1 Å². The monoisotopic (exact) mass is 587 g/mol. The number of aromatic hydroxyl groups is 1. The van der Waals surface area contributed by atoms with Gasteiger partial charge in [-0.1, -0.05) is 24.3 Å². The van der Waals surface area contributed by atoms with E-state index < -0.39 is 21.1 Å². The minimum Gasteiger partial charge on any atom is -0.508 e. The number of aryl methyl sites for hydroxylation is 2. The topological polar surface area (TPSA) is 186 Å². The number of hydrogen-bond donors (Lipinski definition) is 6. The molecule has 4 rings (SSSR count). The first-order valence-electron chi connectivity index (χ1n) is 12.3. The van der Waals surface area contributed by atoms with Crippen molar-refractivity contribution >= 4 is 44.7 Å². The number of likely N-dealkylation sites (N-methyl/N-ethyl adjacent to an activating group) is 1. The fraction of sp³-hybridized carbons (Fsp3) is 0.320. The van der Waals surface area contributed by atoms with Crippen LogP contribution in [-0.2, 0) is 27.2 Å². The number of nitrogens with one attached hydrogen (secondary N) is 2. The normalized spacial score (nSPS) is 14.4. The van der Waals surface area contributed by atoms with Crippen molar-refractivity contribution in [3.8, 4) is 5.75 Å². The Morgan fingerprint density at radius 3 is 2.50 bits per heavy atom. The summed E-state index contributed by atoms with van der Waals surface area (Å²) in [6.07, 6.45) is 2.30. The van der Waals surface area contributed by atoms with Gasteiger partial charge in [-0.3, -0.25) is 9.13 Å². The Hall–Kier alpha value is -3.44. The zero-order chi connectivity index (χ0) is 29.1. The minimum atomic E-state index is -5.13. The predicted molar refractivity (Wildman–Crippen MR) is 152 cm³/mol. The Morgan fingerprint density at radius 1 is 1.15 bits per heavy atom. The molecule has 0 saturated heterocycles. The summed E-state index contributed by atoms with van der Waals surface area (Å²) < 4.78 is 25.1. The largest absolute Gasteiger partial charge is 0.508 e. The summed E-state index contributed by atoms with van der Waals surface area (Å²) in [6, 6.07) is 12.8. The number of benzene rings is 2. The van der Waals surface area contributed by atoms with Crippen LogP contribution in [0.5, 0.6) is 5.75 Å². The molecule has 2 aromatic heterocycles. The quantitative estimate of drug-likeness (QED) is 0.133. The molecule has 2 aromatic carbocycles. The van der Waals surface area contributed by atoms with Crippen molar-refractivity contribution in [2.45, 2.75) is 31.0 Å². The summed E-state index contributed by atoms with van der Waals surface area (Å²) in [5.74, 6) is 0.963. The third-order valence-electron chi connectivity index (χ3n) is 6.52. The third-order valence-corrected chi connectivity index (χ3v) is 9.13. The van der Waals surface area contributed by atoms with Crippen molar-refractivity contribution < 1.29 is 29.1 Å². The summed E-state index contributed by atoms with van der Waals surface area (Å²) >= 11 is 0. The Morgan fingerprint density at radius 2 is 1.88 bits per heavy atom. The van der Waals surface area contributed by atoms with Gasteiger partial charge in [0.15, 0.2) is 17.0 Å². The molecule has 2 heterocycles. The number of aromatic nitrogens is 4. The van der Waals surface area contributed by atoms with Crippen LogP contribution in [0.2, 0.25) is 0 Å². The average Bonchev–Trinajstić information content (AvgIpc) is 3.33. The van der Waals surface area contributed by atoms with Gasteiger partial charge in [0, 0.05) is 30.4 Å². The van der Waals surface area contributed by atoms with E-state index in [2.05, 4.69) is 32.4 Å².